The van der Waals surface area contributed by atoms with Crippen molar-refractivity contribution in [1.82, 2.24) is 14.7 Å². The summed E-state index contributed by atoms with van der Waals surface area (Å²) in [6.07, 6.45) is 2.53. The van der Waals surface area contributed by atoms with Crippen LogP contribution in [0.2, 0.25) is 0 Å². The van der Waals surface area contributed by atoms with Gasteiger partial charge >= 0.3 is 5.69 Å². The van der Waals surface area contributed by atoms with Crippen LogP contribution in [0.5, 0.6) is 0 Å². The molecular formula is C12H21N5O2. The molecule has 1 saturated carbocycles. The van der Waals surface area contributed by atoms with E-state index in [9.17, 15) is 10.1 Å². The smallest absolute Gasteiger partial charge is 0.333 e. The molecule has 7 nitrogen and oxygen atoms in total. The van der Waals surface area contributed by atoms with Gasteiger partial charge in [-0.25, -0.2) is 4.68 Å². The number of likely N-dealkylation sites (N-methyl/N-ethyl adjacent to an activating group) is 1. The molecule has 106 valence electrons. The highest BCUT2D eigenvalue weighted by Gasteiger charge is 2.27. The number of nitro groups is 1. The molecule has 0 spiro atoms. The third-order valence-electron chi connectivity index (χ3n) is 3.51. The van der Waals surface area contributed by atoms with E-state index in [0.717, 1.165) is 6.54 Å². The molecule has 19 heavy (non-hydrogen) atoms. The maximum atomic E-state index is 11.1. The Hall–Kier alpha value is -1.63. The normalized spacial score (nSPS) is 14.9. The standard InChI is InChI=1S/C12H21N5O2/c1-4-16-12(11(17(18)19)9(2)14-16)13-7-8-15(3)10-5-6-10/h10,13H,4-8H2,1-3H3. The van der Waals surface area contributed by atoms with Crippen molar-refractivity contribution in [2.45, 2.75) is 39.3 Å². The van der Waals surface area contributed by atoms with Crippen molar-refractivity contribution in [2.75, 3.05) is 25.5 Å². The van der Waals surface area contributed by atoms with E-state index in [-0.39, 0.29) is 10.6 Å². The van der Waals surface area contributed by atoms with Crippen molar-refractivity contribution >= 4 is 11.5 Å². The number of hydrogen-bond acceptors (Lipinski definition) is 5. The molecule has 1 aliphatic rings. The topological polar surface area (TPSA) is 76.2 Å². The molecule has 0 aliphatic heterocycles. The summed E-state index contributed by atoms with van der Waals surface area (Å²) in [6.45, 7) is 5.80. The van der Waals surface area contributed by atoms with Gasteiger partial charge in [0.25, 0.3) is 0 Å². The zero-order valence-electron chi connectivity index (χ0n) is 11.7. The molecule has 0 unspecified atom stereocenters. The number of aryl methyl sites for hydroxylation is 2. The van der Waals surface area contributed by atoms with Gasteiger partial charge in [0.2, 0.25) is 5.82 Å². The fraction of sp³-hybridized carbons (Fsp3) is 0.750. The van der Waals surface area contributed by atoms with Gasteiger partial charge in [0, 0.05) is 25.7 Å². The van der Waals surface area contributed by atoms with Gasteiger partial charge in [0.15, 0.2) is 0 Å². The second-order valence-corrected chi connectivity index (χ2v) is 4.99. The molecule has 1 fully saturated rings. The van der Waals surface area contributed by atoms with E-state index < -0.39 is 0 Å². The lowest BCUT2D eigenvalue weighted by molar-refractivity contribution is -0.384. The van der Waals surface area contributed by atoms with Crippen LogP contribution in [-0.2, 0) is 6.54 Å². The Labute approximate surface area is 112 Å². The summed E-state index contributed by atoms with van der Waals surface area (Å²) in [5, 5.41) is 18.4. The Morgan fingerprint density at radius 2 is 2.26 bits per heavy atom. The minimum atomic E-state index is -0.360. The molecule has 0 bridgehead atoms. The third kappa shape index (κ3) is 3.04. The molecule has 1 aromatic rings. The highest BCUT2D eigenvalue weighted by Crippen LogP contribution is 2.28. The summed E-state index contributed by atoms with van der Waals surface area (Å²) >= 11 is 0. The second-order valence-electron chi connectivity index (χ2n) is 4.99. The van der Waals surface area contributed by atoms with E-state index in [1.807, 2.05) is 6.92 Å². The first-order chi connectivity index (χ1) is 9.04. The summed E-state index contributed by atoms with van der Waals surface area (Å²) in [5.41, 5.74) is 0.556. The van der Waals surface area contributed by atoms with Crippen LogP contribution in [0.25, 0.3) is 0 Å². The lowest BCUT2D eigenvalue weighted by atomic mass is 10.4. The molecular weight excluding hydrogens is 246 g/mol. The number of anilines is 1. The van der Waals surface area contributed by atoms with Gasteiger partial charge in [0.1, 0.15) is 5.69 Å². The lowest BCUT2D eigenvalue weighted by Gasteiger charge is -2.16. The largest absolute Gasteiger partial charge is 0.363 e. The van der Waals surface area contributed by atoms with Gasteiger partial charge in [-0.3, -0.25) is 10.1 Å². The molecule has 0 aromatic carbocycles. The summed E-state index contributed by atoms with van der Waals surface area (Å²) < 4.78 is 1.66. The Bertz CT molecular complexity index is 467. The average molecular weight is 267 g/mol. The van der Waals surface area contributed by atoms with Crippen LogP contribution >= 0.6 is 0 Å². The van der Waals surface area contributed by atoms with E-state index in [0.29, 0.717) is 30.6 Å². The molecule has 1 N–H and O–H groups in total. The van der Waals surface area contributed by atoms with Crippen LogP contribution in [0.1, 0.15) is 25.5 Å². The quantitative estimate of drug-likeness (QED) is 0.600. The molecule has 0 amide bonds. The highest BCUT2D eigenvalue weighted by atomic mass is 16.6. The minimum absolute atomic E-state index is 0.0934. The molecule has 1 aromatic heterocycles. The number of nitrogens with one attached hydrogen (secondary N) is 1. The minimum Gasteiger partial charge on any atom is -0.363 e. The van der Waals surface area contributed by atoms with Crippen LogP contribution in [-0.4, -0.2) is 45.8 Å². The molecule has 7 heteroatoms. The molecule has 2 rings (SSSR count). The van der Waals surface area contributed by atoms with Gasteiger partial charge in [-0.05, 0) is 33.7 Å². The summed E-state index contributed by atoms with van der Waals surface area (Å²) in [4.78, 5) is 13.0. The molecule has 1 heterocycles. The van der Waals surface area contributed by atoms with Crippen LogP contribution in [0.15, 0.2) is 0 Å². The van der Waals surface area contributed by atoms with Crippen molar-refractivity contribution in [3.8, 4) is 0 Å². The van der Waals surface area contributed by atoms with Crippen LogP contribution in [0, 0.1) is 17.0 Å². The van der Waals surface area contributed by atoms with Crippen molar-refractivity contribution < 1.29 is 4.92 Å². The fourth-order valence-corrected chi connectivity index (χ4v) is 2.24. The molecule has 0 atom stereocenters. The fourth-order valence-electron chi connectivity index (χ4n) is 2.24. The Balaban J connectivity index is 2.02. The predicted molar refractivity (Wildman–Crippen MR) is 73.4 cm³/mol. The van der Waals surface area contributed by atoms with Gasteiger partial charge in [-0.1, -0.05) is 0 Å². The van der Waals surface area contributed by atoms with E-state index >= 15 is 0 Å². The molecule has 0 saturated heterocycles. The summed E-state index contributed by atoms with van der Waals surface area (Å²) in [7, 11) is 2.09. The molecule has 0 radical (unpaired) electrons. The van der Waals surface area contributed by atoms with Crippen molar-refractivity contribution in [3.05, 3.63) is 15.8 Å². The van der Waals surface area contributed by atoms with Gasteiger partial charge in [-0.15, -0.1) is 0 Å². The first-order valence-electron chi connectivity index (χ1n) is 6.70. The lowest BCUT2D eigenvalue weighted by Crippen LogP contribution is -2.27. The SMILES string of the molecule is CCn1nc(C)c([N+](=O)[O-])c1NCCN(C)C1CC1. The first kappa shape index (κ1) is 13.8. The Kier molecular flexibility index (Phi) is 4.04. The summed E-state index contributed by atoms with van der Waals surface area (Å²) in [5.74, 6) is 0.522. The zero-order chi connectivity index (χ0) is 14.0. The number of nitrogens with zero attached hydrogens (tertiary/aromatic N) is 4. The van der Waals surface area contributed by atoms with E-state index in [4.69, 9.17) is 0 Å². The van der Waals surface area contributed by atoms with Gasteiger partial charge in [0.05, 0.1) is 4.92 Å². The predicted octanol–water partition coefficient (Wildman–Crippen LogP) is 1.63. The third-order valence-corrected chi connectivity index (χ3v) is 3.51. The first-order valence-corrected chi connectivity index (χ1v) is 6.70. The maximum absolute atomic E-state index is 11.1. The van der Waals surface area contributed by atoms with Crippen molar-refractivity contribution in [3.63, 3.8) is 0 Å². The van der Waals surface area contributed by atoms with Crippen LogP contribution in [0.4, 0.5) is 11.5 Å². The van der Waals surface area contributed by atoms with E-state index in [1.165, 1.54) is 12.8 Å². The van der Waals surface area contributed by atoms with Crippen LogP contribution < -0.4 is 5.32 Å². The number of aromatic nitrogens is 2. The Morgan fingerprint density at radius 3 is 2.79 bits per heavy atom. The monoisotopic (exact) mass is 267 g/mol. The van der Waals surface area contributed by atoms with Crippen LogP contribution in [0.3, 0.4) is 0 Å². The number of rotatable bonds is 7. The Morgan fingerprint density at radius 1 is 1.58 bits per heavy atom. The zero-order valence-corrected chi connectivity index (χ0v) is 11.7. The second kappa shape index (κ2) is 5.56. The average Bonchev–Trinajstić information content (AvgIpc) is 3.14. The van der Waals surface area contributed by atoms with E-state index in [1.54, 1.807) is 11.6 Å². The molecule has 1 aliphatic carbocycles. The van der Waals surface area contributed by atoms with E-state index in [2.05, 4.69) is 22.4 Å². The van der Waals surface area contributed by atoms with Crippen molar-refractivity contribution in [1.29, 1.82) is 0 Å². The van der Waals surface area contributed by atoms with Gasteiger partial charge in [-0.2, -0.15) is 5.10 Å². The summed E-state index contributed by atoms with van der Waals surface area (Å²) in [6, 6.07) is 0.703. The van der Waals surface area contributed by atoms with Crippen molar-refractivity contribution in [2.24, 2.45) is 0 Å². The maximum Gasteiger partial charge on any atom is 0.333 e. The number of hydrogen-bond donors (Lipinski definition) is 1. The highest BCUT2D eigenvalue weighted by molar-refractivity contribution is 5.59. The van der Waals surface area contributed by atoms with Gasteiger partial charge < -0.3 is 10.2 Å².